The molecule has 0 aliphatic heterocycles. The van der Waals surface area contributed by atoms with E-state index in [0.717, 1.165) is 38.9 Å². The minimum absolute atomic E-state index is 0.172. The smallest absolute Gasteiger partial charge is 0.123 e. The third-order valence-corrected chi connectivity index (χ3v) is 2.31. The molecule has 1 aromatic carbocycles. The minimum atomic E-state index is -0.172. The molecular weight excluding hydrogens is 191 g/mol. The van der Waals surface area contributed by atoms with Crippen molar-refractivity contribution in [3.8, 4) is 0 Å². The maximum Gasteiger partial charge on any atom is 0.123 e. The predicted molar refractivity (Wildman–Crippen MR) is 61.3 cm³/mol. The van der Waals surface area contributed by atoms with Crippen LogP contribution >= 0.6 is 0 Å². The Morgan fingerprint density at radius 3 is 2.47 bits per heavy atom. The molecule has 0 amide bonds. The monoisotopic (exact) mass is 210 g/mol. The van der Waals surface area contributed by atoms with E-state index in [1.54, 1.807) is 0 Å². The van der Waals surface area contributed by atoms with Crippen LogP contribution in [-0.4, -0.2) is 19.6 Å². The number of halogens is 1. The number of unbranched alkanes of at least 4 members (excludes halogenated alkanes) is 1. The van der Waals surface area contributed by atoms with E-state index >= 15 is 0 Å². The number of nitrogens with one attached hydrogen (secondary N) is 1. The molecule has 0 radical (unpaired) electrons. The normalized spacial score (nSPS) is 10.5. The number of benzene rings is 1. The Bertz CT molecular complexity index is 259. The molecule has 0 bridgehead atoms. The second-order valence-electron chi connectivity index (χ2n) is 3.62. The zero-order valence-corrected chi connectivity index (χ0v) is 9.01. The van der Waals surface area contributed by atoms with Gasteiger partial charge in [-0.15, -0.1) is 0 Å². The molecule has 0 unspecified atom stereocenters. The highest BCUT2D eigenvalue weighted by atomic mass is 19.1. The van der Waals surface area contributed by atoms with Crippen molar-refractivity contribution in [2.24, 2.45) is 5.73 Å². The van der Waals surface area contributed by atoms with Crippen LogP contribution in [0.15, 0.2) is 24.3 Å². The Hall–Kier alpha value is -0.930. The summed E-state index contributed by atoms with van der Waals surface area (Å²) in [6.07, 6.45) is 3.15. The highest BCUT2D eigenvalue weighted by Gasteiger charge is 1.93. The van der Waals surface area contributed by atoms with E-state index in [1.165, 1.54) is 17.7 Å². The van der Waals surface area contributed by atoms with Crippen LogP contribution in [0.3, 0.4) is 0 Å². The first kappa shape index (κ1) is 12.1. The van der Waals surface area contributed by atoms with Gasteiger partial charge < -0.3 is 11.1 Å². The third kappa shape index (κ3) is 5.50. The maximum atomic E-state index is 12.6. The van der Waals surface area contributed by atoms with E-state index in [9.17, 15) is 4.39 Å². The fourth-order valence-electron chi connectivity index (χ4n) is 1.40. The molecule has 0 heterocycles. The van der Waals surface area contributed by atoms with Crippen molar-refractivity contribution in [3.05, 3.63) is 35.6 Å². The van der Waals surface area contributed by atoms with Crippen LogP contribution < -0.4 is 11.1 Å². The zero-order valence-electron chi connectivity index (χ0n) is 9.01. The van der Waals surface area contributed by atoms with Gasteiger partial charge in [0.05, 0.1) is 0 Å². The molecule has 0 fully saturated rings. The van der Waals surface area contributed by atoms with Crippen LogP contribution in [0.4, 0.5) is 4.39 Å². The molecule has 3 heteroatoms. The summed E-state index contributed by atoms with van der Waals surface area (Å²) >= 11 is 0. The molecule has 3 N–H and O–H groups in total. The summed E-state index contributed by atoms with van der Waals surface area (Å²) in [5, 5.41) is 3.33. The van der Waals surface area contributed by atoms with E-state index in [1.807, 2.05) is 12.1 Å². The van der Waals surface area contributed by atoms with Gasteiger partial charge in [0.2, 0.25) is 0 Å². The molecule has 0 aliphatic carbocycles. The van der Waals surface area contributed by atoms with Gasteiger partial charge in [-0.3, -0.25) is 0 Å². The summed E-state index contributed by atoms with van der Waals surface area (Å²) in [4.78, 5) is 0. The van der Waals surface area contributed by atoms with Crippen molar-refractivity contribution in [2.75, 3.05) is 19.6 Å². The molecule has 15 heavy (non-hydrogen) atoms. The summed E-state index contributed by atoms with van der Waals surface area (Å²) in [5.41, 5.74) is 6.55. The van der Waals surface area contributed by atoms with Crippen LogP contribution in [0.1, 0.15) is 18.4 Å². The summed E-state index contributed by atoms with van der Waals surface area (Å²) < 4.78 is 12.6. The van der Waals surface area contributed by atoms with Crippen LogP contribution in [0.2, 0.25) is 0 Å². The largest absolute Gasteiger partial charge is 0.330 e. The average molecular weight is 210 g/mol. The Morgan fingerprint density at radius 1 is 1.07 bits per heavy atom. The van der Waals surface area contributed by atoms with Crippen molar-refractivity contribution < 1.29 is 4.39 Å². The summed E-state index contributed by atoms with van der Waals surface area (Å²) in [5.74, 6) is -0.172. The molecule has 0 aromatic heterocycles. The summed E-state index contributed by atoms with van der Waals surface area (Å²) in [7, 11) is 0. The van der Waals surface area contributed by atoms with Gasteiger partial charge in [-0.2, -0.15) is 0 Å². The Labute approximate surface area is 90.7 Å². The molecular formula is C12H19FN2. The lowest BCUT2D eigenvalue weighted by atomic mass is 10.1. The summed E-state index contributed by atoms with van der Waals surface area (Å²) in [6.45, 7) is 2.72. The minimum Gasteiger partial charge on any atom is -0.330 e. The van der Waals surface area contributed by atoms with Crippen LogP contribution in [0.25, 0.3) is 0 Å². The van der Waals surface area contributed by atoms with Crippen molar-refractivity contribution >= 4 is 0 Å². The first-order valence-electron chi connectivity index (χ1n) is 5.48. The van der Waals surface area contributed by atoms with E-state index in [0.29, 0.717) is 0 Å². The molecule has 0 spiro atoms. The molecule has 1 rings (SSSR count). The van der Waals surface area contributed by atoms with Gasteiger partial charge in [-0.05, 0) is 56.6 Å². The lowest BCUT2D eigenvalue weighted by Gasteiger charge is -2.04. The van der Waals surface area contributed by atoms with Gasteiger partial charge in [0.15, 0.2) is 0 Å². The number of hydrogen-bond donors (Lipinski definition) is 2. The fourth-order valence-corrected chi connectivity index (χ4v) is 1.40. The number of nitrogens with two attached hydrogens (primary N) is 1. The first-order chi connectivity index (χ1) is 7.33. The number of hydrogen-bond acceptors (Lipinski definition) is 2. The standard InChI is InChI=1S/C12H19FN2/c13-12-5-3-11(4-6-12)7-10-15-9-2-1-8-14/h3-6,15H,1-2,7-10,14H2. The fraction of sp³-hybridized carbons (Fsp3) is 0.500. The van der Waals surface area contributed by atoms with Crippen molar-refractivity contribution in [2.45, 2.75) is 19.3 Å². The molecule has 0 aliphatic rings. The zero-order chi connectivity index (χ0) is 10.9. The van der Waals surface area contributed by atoms with Gasteiger partial charge in [-0.25, -0.2) is 4.39 Å². The Morgan fingerprint density at radius 2 is 1.80 bits per heavy atom. The van der Waals surface area contributed by atoms with Gasteiger partial charge in [0, 0.05) is 0 Å². The lowest BCUT2D eigenvalue weighted by molar-refractivity contribution is 0.620. The number of rotatable bonds is 7. The molecule has 0 saturated carbocycles. The second kappa shape index (κ2) is 7.37. The molecule has 0 saturated heterocycles. The van der Waals surface area contributed by atoms with Crippen LogP contribution in [-0.2, 0) is 6.42 Å². The van der Waals surface area contributed by atoms with Gasteiger partial charge >= 0.3 is 0 Å². The summed E-state index contributed by atoms with van der Waals surface area (Å²) in [6, 6.07) is 6.67. The van der Waals surface area contributed by atoms with Gasteiger partial charge in [-0.1, -0.05) is 12.1 Å². The van der Waals surface area contributed by atoms with E-state index in [4.69, 9.17) is 5.73 Å². The molecule has 1 aromatic rings. The van der Waals surface area contributed by atoms with Crippen molar-refractivity contribution in [1.82, 2.24) is 5.32 Å². The van der Waals surface area contributed by atoms with Gasteiger partial charge in [0.1, 0.15) is 5.82 Å². The third-order valence-electron chi connectivity index (χ3n) is 2.31. The van der Waals surface area contributed by atoms with E-state index in [2.05, 4.69) is 5.32 Å². The van der Waals surface area contributed by atoms with E-state index < -0.39 is 0 Å². The second-order valence-corrected chi connectivity index (χ2v) is 3.62. The molecule has 84 valence electrons. The first-order valence-corrected chi connectivity index (χ1v) is 5.48. The molecule has 2 nitrogen and oxygen atoms in total. The maximum absolute atomic E-state index is 12.6. The quantitative estimate of drug-likeness (QED) is 0.672. The van der Waals surface area contributed by atoms with Crippen LogP contribution in [0, 0.1) is 5.82 Å². The highest BCUT2D eigenvalue weighted by Crippen LogP contribution is 2.02. The van der Waals surface area contributed by atoms with Crippen LogP contribution in [0.5, 0.6) is 0 Å². The van der Waals surface area contributed by atoms with Gasteiger partial charge in [0.25, 0.3) is 0 Å². The lowest BCUT2D eigenvalue weighted by Crippen LogP contribution is -2.19. The topological polar surface area (TPSA) is 38.0 Å². The SMILES string of the molecule is NCCCCNCCc1ccc(F)cc1. The van der Waals surface area contributed by atoms with E-state index in [-0.39, 0.29) is 5.82 Å². The van der Waals surface area contributed by atoms with Crippen molar-refractivity contribution in [1.29, 1.82) is 0 Å². The Kier molecular flexibility index (Phi) is 5.97. The average Bonchev–Trinajstić information content (AvgIpc) is 2.26. The predicted octanol–water partition coefficient (Wildman–Crippen LogP) is 1.70. The molecule has 0 atom stereocenters. The van der Waals surface area contributed by atoms with Crippen molar-refractivity contribution in [3.63, 3.8) is 0 Å². The highest BCUT2D eigenvalue weighted by molar-refractivity contribution is 5.16. The Balaban J connectivity index is 2.07.